The lowest BCUT2D eigenvalue weighted by molar-refractivity contribution is -0.122. The minimum Gasteiger partial charge on any atom is -0.439 e. The lowest BCUT2D eigenvalue weighted by Crippen LogP contribution is -2.46. The van der Waals surface area contributed by atoms with Gasteiger partial charge in [-0.3, -0.25) is 4.79 Å². The fourth-order valence-corrected chi connectivity index (χ4v) is 1.85. The van der Waals surface area contributed by atoms with Crippen LogP contribution in [0.15, 0.2) is 48.7 Å². The van der Waals surface area contributed by atoms with Crippen LogP contribution in [0.3, 0.4) is 0 Å². The van der Waals surface area contributed by atoms with Crippen molar-refractivity contribution < 1.29 is 14.3 Å². The molecular weight excluding hydrogens is 296 g/mol. The molecule has 1 aromatic heterocycles. The number of hydrogen-bond donors (Lipinski definition) is 3. The Balaban J connectivity index is 1.92. The van der Waals surface area contributed by atoms with Gasteiger partial charge in [0.2, 0.25) is 11.8 Å². The zero-order valence-corrected chi connectivity index (χ0v) is 12.7. The average molecular weight is 314 g/mol. The number of benzene rings is 1. The number of aromatic nitrogens is 1. The van der Waals surface area contributed by atoms with Crippen molar-refractivity contribution >= 4 is 11.9 Å². The summed E-state index contributed by atoms with van der Waals surface area (Å²) < 4.78 is 5.63. The minimum absolute atomic E-state index is 0.289. The molecule has 0 aliphatic carbocycles. The van der Waals surface area contributed by atoms with E-state index in [1.165, 1.54) is 0 Å². The summed E-state index contributed by atoms with van der Waals surface area (Å²) in [7, 11) is 0. The van der Waals surface area contributed by atoms with E-state index >= 15 is 0 Å². The monoisotopic (exact) mass is 314 g/mol. The third-order valence-electron chi connectivity index (χ3n) is 2.98. The highest BCUT2D eigenvalue weighted by molar-refractivity contribution is 5.86. The smallest absolute Gasteiger partial charge is 0.312 e. The highest BCUT2D eigenvalue weighted by atomic mass is 16.5. The Labute approximate surface area is 133 Å². The first-order valence-electron chi connectivity index (χ1n) is 7.06. The van der Waals surface area contributed by atoms with E-state index in [0.717, 1.165) is 5.56 Å². The van der Waals surface area contributed by atoms with Crippen LogP contribution in [-0.2, 0) is 11.3 Å². The van der Waals surface area contributed by atoms with Gasteiger partial charge in [0.15, 0.2) is 0 Å². The lowest BCUT2D eigenvalue weighted by Gasteiger charge is -2.12. The standard InChI is InChI=1S/C16H18N4O3/c1-11(20-16(17)22)15(21)19-10-12-7-8-18-14(9-12)23-13-5-3-2-4-6-13/h2-9,11H,10H2,1H3,(H,19,21)(H3,17,20,22)/t11-/m0/s1. The molecule has 7 heteroatoms. The van der Waals surface area contributed by atoms with Crippen LogP contribution in [0.2, 0.25) is 0 Å². The van der Waals surface area contributed by atoms with Gasteiger partial charge in [0.1, 0.15) is 11.8 Å². The topological polar surface area (TPSA) is 106 Å². The van der Waals surface area contributed by atoms with E-state index in [2.05, 4.69) is 15.6 Å². The maximum absolute atomic E-state index is 11.8. The van der Waals surface area contributed by atoms with Crippen molar-refractivity contribution in [3.05, 3.63) is 54.2 Å². The van der Waals surface area contributed by atoms with Crippen LogP contribution < -0.4 is 21.1 Å². The van der Waals surface area contributed by atoms with Gasteiger partial charge in [-0.2, -0.15) is 0 Å². The Hall–Kier alpha value is -3.09. The summed E-state index contributed by atoms with van der Waals surface area (Å²) in [5, 5.41) is 5.02. The van der Waals surface area contributed by atoms with E-state index in [0.29, 0.717) is 11.6 Å². The van der Waals surface area contributed by atoms with Crippen LogP contribution in [0.5, 0.6) is 11.6 Å². The zero-order chi connectivity index (χ0) is 16.7. The second kappa shape index (κ2) is 7.79. The third-order valence-corrected chi connectivity index (χ3v) is 2.98. The number of pyridine rings is 1. The highest BCUT2D eigenvalue weighted by Gasteiger charge is 2.13. The number of urea groups is 1. The number of rotatable bonds is 6. The van der Waals surface area contributed by atoms with Gasteiger partial charge in [0.05, 0.1) is 0 Å². The number of nitrogens with one attached hydrogen (secondary N) is 2. The van der Waals surface area contributed by atoms with Crippen LogP contribution in [0.25, 0.3) is 0 Å². The van der Waals surface area contributed by atoms with Crippen LogP contribution >= 0.6 is 0 Å². The molecule has 1 atom stereocenters. The average Bonchev–Trinajstić information content (AvgIpc) is 2.53. The molecule has 0 saturated heterocycles. The first-order chi connectivity index (χ1) is 11.0. The summed E-state index contributed by atoms with van der Waals surface area (Å²) in [5.41, 5.74) is 5.80. The van der Waals surface area contributed by atoms with Gasteiger partial charge in [0.25, 0.3) is 0 Å². The number of para-hydroxylation sites is 1. The van der Waals surface area contributed by atoms with Gasteiger partial charge in [0, 0.05) is 18.8 Å². The predicted octanol–water partition coefficient (Wildman–Crippen LogP) is 1.55. The first-order valence-corrected chi connectivity index (χ1v) is 7.06. The number of nitrogens with two attached hydrogens (primary N) is 1. The third kappa shape index (κ3) is 5.31. The predicted molar refractivity (Wildman–Crippen MR) is 84.8 cm³/mol. The summed E-state index contributed by atoms with van der Waals surface area (Å²) in [4.78, 5) is 26.6. The lowest BCUT2D eigenvalue weighted by atomic mass is 10.2. The molecule has 23 heavy (non-hydrogen) atoms. The number of nitrogens with zero attached hydrogens (tertiary/aromatic N) is 1. The fraction of sp³-hybridized carbons (Fsp3) is 0.188. The maximum Gasteiger partial charge on any atom is 0.312 e. The first kappa shape index (κ1) is 16.3. The number of carbonyl (C=O) groups is 2. The summed E-state index contributed by atoms with van der Waals surface area (Å²) in [6.07, 6.45) is 1.60. The molecule has 0 aliphatic heterocycles. The molecule has 120 valence electrons. The molecule has 3 amide bonds. The summed E-state index contributed by atoms with van der Waals surface area (Å²) in [6, 6.07) is 11.3. The molecule has 0 aliphatic rings. The molecule has 0 saturated carbocycles. The number of primary amides is 1. The van der Waals surface area contributed by atoms with E-state index in [1.807, 2.05) is 30.3 Å². The van der Waals surface area contributed by atoms with Gasteiger partial charge in [-0.15, -0.1) is 0 Å². The Morgan fingerprint density at radius 2 is 2.00 bits per heavy atom. The zero-order valence-electron chi connectivity index (χ0n) is 12.7. The molecule has 1 heterocycles. The normalized spacial score (nSPS) is 11.3. The molecule has 2 rings (SSSR count). The Bertz CT molecular complexity index is 676. The molecule has 0 spiro atoms. The Morgan fingerprint density at radius 3 is 2.70 bits per heavy atom. The SMILES string of the molecule is C[C@H](NC(N)=O)C(=O)NCc1ccnc(Oc2ccccc2)c1. The van der Waals surface area contributed by atoms with Crippen LogP contribution in [0.4, 0.5) is 4.79 Å². The number of amides is 3. The summed E-state index contributed by atoms with van der Waals surface area (Å²) in [6.45, 7) is 1.84. The van der Waals surface area contributed by atoms with Gasteiger partial charge in [-0.1, -0.05) is 18.2 Å². The summed E-state index contributed by atoms with van der Waals surface area (Å²) in [5.74, 6) is 0.790. The number of carbonyl (C=O) groups excluding carboxylic acids is 2. The summed E-state index contributed by atoms with van der Waals surface area (Å²) >= 11 is 0. The molecule has 1 aromatic carbocycles. The van der Waals surface area contributed by atoms with Crippen LogP contribution in [-0.4, -0.2) is 23.0 Å². The molecule has 7 nitrogen and oxygen atoms in total. The fourth-order valence-electron chi connectivity index (χ4n) is 1.85. The van der Waals surface area contributed by atoms with Gasteiger partial charge in [-0.25, -0.2) is 9.78 Å². The molecule has 2 aromatic rings. The molecule has 0 unspecified atom stereocenters. The quantitative estimate of drug-likeness (QED) is 0.752. The largest absolute Gasteiger partial charge is 0.439 e. The van der Waals surface area contributed by atoms with Gasteiger partial charge >= 0.3 is 6.03 Å². The Kier molecular flexibility index (Phi) is 5.51. The van der Waals surface area contributed by atoms with Crippen molar-refractivity contribution in [3.63, 3.8) is 0 Å². The van der Waals surface area contributed by atoms with E-state index in [9.17, 15) is 9.59 Å². The van der Waals surface area contributed by atoms with Gasteiger partial charge in [-0.05, 0) is 30.7 Å². The van der Waals surface area contributed by atoms with Crippen molar-refractivity contribution in [2.24, 2.45) is 5.73 Å². The van der Waals surface area contributed by atoms with E-state index in [1.54, 1.807) is 25.3 Å². The number of ether oxygens (including phenoxy) is 1. The number of hydrogen-bond acceptors (Lipinski definition) is 4. The van der Waals surface area contributed by atoms with Crippen LogP contribution in [0, 0.1) is 0 Å². The second-order valence-corrected chi connectivity index (χ2v) is 4.87. The molecular formula is C16H18N4O3. The maximum atomic E-state index is 11.8. The van der Waals surface area contributed by atoms with E-state index in [-0.39, 0.29) is 12.5 Å². The second-order valence-electron chi connectivity index (χ2n) is 4.87. The van der Waals surface area contributed by atoms with E-state index < -0.39 is 12.1 Å². The molecule has 4 N–H and O–H groups in total. The minimum atomic E-state index is -0.741. The van der Waals surface area contributed by atoms with Crippen molar-refractivity contribution in [1.82, 2.24) is 15.6 Å². The molecule has 0 radical (unpaired) electrons. The Morgan fingerprint density at radius 1 is 1.26 bits per heavy atom. The van der Waals surface area contributed by atoms with Crippen molar-refractivity contribution in [1.29, 1.82) is 0 Å². The van der Waals surface area contributed by atoms with Crippen molar-refractivity contribution in [3.8, 4) is 11.6 Å². The molecule has 0 bridgehead atoms. The van der Waals surface area contributed by atoms with Crippen molar-refractivity contribution in [2.45, 2.75) is 19.5 Å². The highest BCUT2D eigenvalue weighted by Crippen LogP contribution is 2.19. The van der Waals surface area contributed by atoms with Gasteiger partial charge < -0.3 is 21.1 Å². The molecule has 0 fully saturated rings. The van der Waals surface area contributed by atoms with Crippen LogP contribution in [0.1, 0.15) is 12.5 Å². The van der Waals surface area contributed by atoms with E-state index in [4.69, 9.17) is 10.5 Å². The van der Waals surface area contributed by atoms with Crippen molar-refractivity contribution in [2.75, 3.05) is 0 Å².